The van der Waals surface area contributed by atoms with Gasteiger partial charge in [0.15, 0.2) is 0 Å². The Morgan fingerprint density at radius 1 is 1.12 bits per heavy atom. The smallest absolute Gasteiger partial charge is 0.338 e. The van der Waals surface area contributed by atoms with Gasteiger partial charge in [-0.25, -0.2) is 9.59 Å². The number of hydrogen-bond donors (Lipinski definition) is 3. The average Bonchev–Trinajstić information content (AvgIpc) is 2.52. The molecule has 24 heavy (non-hydrogen) atoms. The zero-order valence-corrected chi connectivity index (χ0v) is 13.3. The van der Waals surface area contributed by atoms with Gasteiger partial charge < -0.3 is 15.0 Å². The molecule has 0 aliphatic rings. The Bertz CT molecular complexity index is 865. The number of H-pyrrole nitrogens is 2. The van der Waals surface area contributed by atoms with Crippen LogP contribution in [0, 0.1) is 6.92 Å². The van der Waals surface area contributed by atoms with Gasteiger partial charge in [0.2, 0.25) is 5.91 Å². The lowest BCUT2D eigenvalue weighted by atomic mass is 10.1. The van der Waals surface area contributed by atoms with Gasteiger partial charge in [-0.1, -0.05) is 0 Å². The zero-order chi connectivity index (χ0) is 17.7. The van der Waals surface area contributed by atoms with Crippen molar-refractivity contribution in [2.75, 3.05) is 11.9 Å². The van der Waals surface area contributed by atoms with Crippen molar-refractivity contribution in [2.24, 2.45) is 0 Å². The first-order valence-electron chi connectivity index (χ1n) is 7.29. The number of esters is 1. The third kappa shape index (κ3) is 4.19. The fraction of sp³-hybridized carbons (Fsp3) is 0.250. The largest absolute Gasteiger partial charge is 0.462 e. The topological polar surface area (TPSA) is 121 Å². The number of aryl methyl sites for hydroxylation is 1. The van der Waals surface area contributed by atoms with E-state index in [4.69, 9.17) is 4.74 Å². The van der Waals surface area contributed by atoms with Crippen molar-refractivity contribution in [1.82, 2.24) is 9.97 Å². The van der Waals surface area contributed by atoms with Crippen LogP contribution in [0.15, 0.2) is 33.9 Å². The highest BCUT2D eigenvalue weighted by Crippen LogP contribution is 2.11. The molecule has 0 aliphatic carbocycles. The number of benzene rings is 1. The summed E-state index contributed by atoms with van der Waals surface area (Å²) in [5, 5.41) is 2.62. The Morgan fingerprint density at radius 2 is 1.79 bits per heavy atom. The van der Waals surface area contributed by atoms with Crippen LogP contribution in [0.1, 0.15) is 28.5 Å². The molecule has 1 heterocycles. The number of ether oxygens (including phenoxy) is 1. The van der Waals surface area contributed by atoms with E-state index in [2.05, 4.69) is 15.3 Å². The molecule has 0 spiro atoms. The summed E-state index contributed by atoms with van der Waals surface area (Å²) in [6, 6.07) is 6.19. The van der Waals surface area contributed by atoms with Crippen LogP contribution in [0.3, 0.4) is 0 Å². The molecule has 8 heteroatoms. The highest BCUT2D eigenvalue weighted by molar-refractivity contribution is 5.94. The number of amides is 1. The number of rotatable bonds is 5. The maximum atomic E-state index is 12.0. The predicted octanol–water partition coefficient (Wildman–Crippen LogP) is 0.730. The van der Waals surface area contributed by atoms with Crippen molar-refractivity contribution >= 4 is 17.6 Å². The fourth-order valence-corrected chi connectivity index (χ4v) is 2.11. The van der Waals surface area contributed by atoms with E-state index in [0.717, 1.165) is 0 Å². The lowest BCUT2D eigenvalue weighted by Gasteiger charge is -2.07. The van der Waals surface area contributed by atoms with E-state index < -0.39 is 23.1 Å². The molecule has 1 amide bonds. The third-order valence-corrected chi connectivity index (χ3v) is 3.27. The summed E-state index contributed by atoms with van der Waals surface area (Å²) in [7, 11) is 0. The van der Waals surface area contributed by atoms with Crippen LogP contribution in [0.4, 0.5) is 5.69 Å². The average molecular weight is 331 g/mol. The van der Waals surface area contributed by atoms with Crippen molar-refractivity contribution in [1.29, 1.82) is 0 Å². The maximum Gasteiger partial charge on any atom is 0.338 e. The lowest BCUT2D eigenvalue weighted by molar-refractivity contribution is -0.115. The molecule has 0 aliphatic heterocycles. The minimum absolute atomic E-state index is 0.183. The first kappa shape index (κ1) is 17.2. The highest BCUT2D eigenvalue weighted by Gasteiger charge is 2.12. The van der Waals surface area contributed by atoms with E-state index in [0.29, 0.717) is 16.9 Å². The normalized spacial score (nSPS) is 10.2. The molecule has 0 saturated carbocycles. The van der Waals surface area contributed by atoms with Crippen LogP contribution >= 0.6 is 0 Å². The van der Waals surface area contributed by atoms with Crippen LogP contribution in [0.2, 0.25) is 0 Å². The molecule has 0 fully saturated rings. The minimum Gasteiger partial charge on any atom is -0.462 e. The Hall–Kier alpha value is -3.16. The van der Waals surface area contributed by atoms with E-state index in [1.165, 1.54) is 12.1 Å². The van der Waals surface area contributed by atoms with Crippen molar-refractivity contribution in [3.8, 4) is 0 Å². The molecule has 2 aromatic rings. The van der Waals surface area contributed by atoms with Crippen LogP contribution in [-0.2, 0) is 16.0 Å². The summed E-state index contributed by atoms with van der Waals surface area (Å²) in [5.74, 6) is -0.856. The minimum atomic E-state index is -0.615. The van der Waals surface area contributed by atoms with Gasteiger partial charge in [0.05, 0.1) is 18.6 Å². The summed E-state index contributed by atoms with van der Waals surface area (Å²) < 4.78 is 4.87. The van der Waals surface area contributed by atoms with Gasteiger partial charge in [-0.15, -0.1) is 0 Å². The number of carbonyl (C=O) groups is 2. The van der Waals surface area contributed by atoms with Gasteiger partial charge in [0.25, 0.3) is 5.56 Å². The molecule has 0 radical (unpaired) electrons. The number of carbonyl (C=O) groups excluding carboxylic acids is 2. The van der Waals surface area contributed by atoms with Crippen LogP contribution < -0.4 is 16.6 Å². The van der Waals surface area contributed by atoms with Gasteiger partial charge in [-0.05, 0) is 38.1 Å². The number of aromatic nitrogens is 2. The standard InChI is InChI=1S/C16H17N3O5/c1-3-24-15(22)10-4-6-11(7-5-10)18-13(20)8-12-9(2)17-16(23)19-14(12)21/h4-7H,3,8H2,1-2H3,(H,18,20)(H2,17,19,21,23). The molecule has 0 atom stereocenters. The Labute approximate surface area is 136 Å². The van der Waals surface area contributed by atoms with E-state index in [1.807, 2.05) is 0 Å². The number of nitrogens with one attached hydrogen (secondary N) is 3. The van der Waals surface area contributed by atoms with E-state index in [1.54, 1.807) is 26.0 Å². The zero-order valence-electron chi connectivity index (χ0n) is 13.3. The van der Waals surface area contributed by atoms with Gasteiger partial charge >= 0.3 is 11.7 Å². The highest BCUT2D eigenvalue weighted by atomic mass is 16.5. The van der Waals surface area contributed by atoms with Crippen LogP contribution in [-0.4, -0.2) is 28.5 Å². The second-order valence-electron chi connectivity index (χ2n) is 5.03. The van der Waals surface area contributed by atoms with Crippen LogP contribution in [0.5, 0.6) is 0 Å². The van der Waals surface area contributed by atoms with Crippen molar-refractivity contribution < 1.29 is 14.3 Å². The van der Waals surface area contributed by atoms with Gasteiger partial charge in [0.1, 0.15) is 0 Å². The number of aromatic amines is 2. The molecule has 1 aromatic carbocycles. The van der Waals surface area contributed by atoms with Gasteiger partial charge in [-0.3, -0.25) is 14.6 Å². The van der Waals surface area contributed by atoms with E-state index in [-0.39, 0.29) is 18.6 Å². The lowest BCUT2D eigenvalue weighted by Crippen LogP contribution is -2.29. The molecule has 0 bridgehead atoms. The number of anilines is 1. The molecular formula is C16H17N3O5. The Morgan fingerprint density at radius 3 is 2.38 bits per heavy atom. The third-order valence-electron chi connectivity index (χ3n) is 3.27. The predicted molar refractivity (Wildman–Crippen MR) is 87.2 cm³/mol. The molecule has 2 rings (SSSR count). The Kier molecular flexibility index (Phi) is 5.31. The van der Waals surface area contributed by atoms with E-state index >= 15 is 0 Å². The molecule has 3 N–H and O–H groups in total. The van der Waals surface area contributed by atoms with Crippen LogP contribution in [0.25, 0.3) is 0 Å². The Balaban J connectivity index is 2.07. The van der Waals surface area contributed by atoms with Gasteiger partial charge in [0, 0.05) is 16.9 Å². The van der Waals surface area contributed by atoms with E-state index in [9.17, 15) is 19.2 Å². The summed E-state index contributed by atoms with van der Waals surface area (Å²) in [6.07, 6.45) is -0.183. The second kappa shape index (κ2) is 7.40. The SMILES string of the molecule is CCOC(=O)c1ccc(NC(=O)Cc2c(C)[nH]c(=O)[nH]c2=O)cc1. The van der Waals surface area contributed by atoms with Crippen molar-refractivity contribution in [3.63, 3.8) is 0 Å². The molecule has 8 nitrogen and oxygen atoms in total. The van der Waals surface area contributed by atoms with Crippen molar-refractivity contribution in [2.45, 2.75) is 20.3 Å². The fourth-order valence-electron chi connectivity index (χ4n) is 2.11. The van der Waals surface area contributed by atoms with Crippen molar-refractivity contribution in [3.05, 3.63) is 61.9 Å². The molecule has 0 unspecified atom stereocenters. The number of hydrogen-bond acceptors (Lipinski definition) is 5. The molecule has 0 saturated heterocycles. The summed E-state index contributed by atoms with van der Waals surface area (Å²) in [5.41, 5.74) is 0.182. The monoisotopic (exact) mass is 331 g/mol. The maximum absolute atomic E-state index is 12.0. The first-order valence-corrected chi connectivity index (χ1v) is 7.29. The summed E-state index contributed by atoms with van der Waals surface area (Å²) in [6.45, 7) is 3.55. The quantitative estimate of drug-likeness (QED) is 0.697. The summed E-state index contributed by atoms with van der Waals surface area (Å²) >= 11 is 0. The summed E-state index contributed by atoms with van der Waals surface area (Å²) in [4.78, 5) is 51.0. The molecule has 1 aromatic heterocycles. The molecular weight excluding hydrogens is 314 g/mol. The molecule has 126 valence electrons. The second-order valence-corrected chi connectivity index (χ2v) is 5.03. The van der Waals surface area contributed by atoms with Gasteiger partial charge in [-0.2, -0.15) is 0 Å². The first-order chi connectivity index (χ1) is 11.4.